The maximum atomic E-state index is 12.7. The molecule has 6 heteroatoms. The van der Waals surface area contributed by atoms with Gasteiger partial charge < -0.3 is 14.8 Å². The van der Waals surface area contributed by atoms with Crippen LogP contribution in [0.25, 0.3) is 0 Å². The lowest BCUT2D eigenvalue weighted by Gasteiger charge is -2.32. The zero-order valence-electron chi connectivity index (χ0n) is 17.1. The maximum absolute atomic E-state index is 12.7. The number of carbonyl (C=O) groups excluding carboxylic acids is 1. The number of likely N-dealkylation sites (tertiary alicyclic amines) is 1. The number of ether oxygens (including phenoxy) is 2. The molecule has 0 bridgehead atoms. The fourth-order valence-electron chi connectivity index (χ4n) is 3.77. The summed E-state index contributed by atoms with van der Waals surface area (Å²) in [6, 6.07) is 13.8. The minimum Gasteiger partial charge on any atom is -0.493 e. The summed E-state index contributed by atoms with van der Waals surface area (Å²) >= 11 is 5.96. The molecule has 0 unspecified atom stereocenters. The van der Waals surface area contributed by atoms with Crippen molar-refractivity contribution < 1.29 is 14.3 Å². The molecule has 1 amide bonds. The SMILES string of the molecule is COc1ccc(CCNC(=O)[C@@H]2CCCN(Cc3ccc(Cl)cc3)C2)cc1OC. The molecule has 1 atom stereocenters. The number of piperidine rings is 1. The monoisotopic (exact) mass is 416 g/mol. The molecule has 156 valence electrons. The van der Waals surface area contributed by atoms with E-state index >= 15 is 0 Å². The summed E-state index contributed by atoms with van der Waals surface area (Å²) in [5.74, 6) is 1.61. The summed E-state index contributed by atoms with van der Waals surface area (Å²) in [5, 5.41) is 3.85. The Hall–Kier alpha value is -2.24. The van der Waals surface area contributed by atoms with Gasteiger partial charge in [0.25, 0.3) is 0 Å². The maximum Gasteiger partial charge on any atom is 0.224 e. The Kier molecular flexibility index (Phi) is 7.78. The van der Waals surface area contributed by atoms with E-state index in [1.54, 1.807) is 14.2 Å². The molecule has 1 saturated heterocycles. The first-order valence-electron chi connectivity index (χ1n) is 10.0. The van der Waals surface area contributed by atoms with E-state index in [0.29, 0.717) is 18.0 Å². The van der Waals surface area contributed by atoms with Crippen molar-refractivity contribution in [3.63, 3.8) is 0 Å². The Morgan fingerprint density at radius 3 is 2.55 bits per heavy atom. The average molecular weight is 417 g/mol. The Balaban J connectivity index is 1.47. The lowest BCUT2D eigenvalue weighted by molar-refractivity contribution is -0.126. The largest absolute Gasteiger partial charge is 0.493 e. The summed E-state index contributed by atoms with van der Waals surface area (Å²) in [4.78, 5) is 15.0. The summed E-state index contributed by atoms with van der Waals surface area (Å²) in [5.41, 5.74) is 2.33. The molecule has 2 aromatic carbocycles. The first kappa shape index (κ1) is 21.5. The number of nitrogens with one attached hydrogen (secondary N) is 1. The number of hydrogen-bond donors (Lipinski definition) is 1. The van der Waals surface area contributed by atoms with Crippen LogP contribution in [0.1, 0.15) is 24.0 Å². The zero-order chi connectivity index (χ0) is 20.6. The van der Waals surface area contributed by atoms with Crippen LogP contribution in [0.15, 0.2) is 42.5 Å². The second-order valence-electron chi connectivity index (χ2n) is 7.43. The van der Waals surface area contributed by atoms with E-state index in [1.807, 2.05) is 30.3 Å². The smallest absolute Gasteiger partial charge is 0.224 e. The van der Waals surface area contributed by atoms with Crippen LogP contribution in [0.3, 0.4) is 0 Å². The van der Waals surface area contributed by atoms with Crippen molar-refractivity contribution in [1.29, 1.82) is 0 Å². The zero-order valence-corrected chi connectivity index (χ0v) is 17.9. The van der Waals surface area contributed by atoms with Gasteiger partial charge in [0.05, 0.1) is 20.1 Å². The van der Waals surface area contributed by atoms with Crippen LogP contribution in [-0.4, -0.2) is 44.7 Å². The Morgan fingerprint density at radius 1 is 1.10 bits per heavy atom. The van der Waals surface area contributed by atoms with Crippen molar-refractivity contribution in [2.24, 2.45) is 5.92 Å². The number of nitrogens with zero attached hydrogens (tertiary/aromatic N) is 1. The number of hydrogen-bond acceptors (Lipinski definition) is 4. The number of benzene rings is 2. The fourth-order valence-corrected chi connectivity index (χ4v) is 3.90. The van der Waals surface area contributed by atoms with Gasteiger partial charge in [-0.2, -0.15) is 0 Å². The lowest BCUT2D eigenvalue weighted by Crippen LogP contribution is -2.43. The molecule has 0 spiro atoms. The molecule has 1 N–H and O–H groups in total. The molecular formula is C23H29ClN2O3. The van der Waals surface area contributed by atoms with Gasteiger partial charge in [0.2, 0.25) is 5.91 Å². The summed E-state index contributed by atoms with van der Waals surface area (Å²) in [6.45, 7) is 3.29. The Labute approximate surface area is 177 Å². The van der Waals surface area contributed by atoms with E-state index in [1.165, 1.54) is 5.56 Å². The molecule has 0 radical (unpaired) electrons. The van der Waals surface area contributed by atoms with Crippen LogP contribution in [0, 0.1) is 5.92 Å². The molecule has 29 heavy (non-hydrogen) atoms. The summed E-state index contributed by atoms with van der Waals surface area (Å²) in [6.07, 6.45) is 2.74. The second kappa shape index (κ2) is 10.5. The first-order chi connectivity index (χ1) is 14.1. The van der Waals surface area contributed by atoms with Crippen LogP contribution in [0.2, 0.25) is 5.02 Å². The Morgan fingerprint density at radius 2 is 1.83 bits per heavy atom. The molecule has 1 aliphatic rings. The van der Waals surface area contributed by atoms with Gasteiger partial charge in [-0.25, -0.2) is 0 Å². The van der Waals surface area contributed by atoms with E-state index < -0.39 is 0 Å². The standard InChI is InChI=1S/C23H29ClN2O3/c1-28-21-10-7-17(14-22(21)29-2)11-12-25-23(27)19-4-3-13-26(16-19)15-18-5-8-20(24)9-6-18/h5-10,14,19H,3-4,11-13,15-16H2,1-2H3,(H,25,27)/t19-/m1/s1. The van der Waals surface area contributed by atoms with Crippen molar-refractivity contribution in [3.8, 4) is 11.5 Å². The summed E-state index contributed by atoms with van der Waals surface area (Å²) in [7, 11) is 3.25. The Bertz CT molecular complexity index is 810. The van der Waals surface area contributed by atoms with Crippen molar-refractivity contribution in [3.05, 3.63) is 58.6 Å². The molecule has 0 aromatic heterocycles. The average Bonchev–Trinajstić information content (AvgIpc) is 2.75. The van der Waals surface area contributed by atoms with Crippen LogP contribution in [-0.2, 0) is 17.8 Å². The predicted molar refractivity (Wildman–Crippen MR) is 116 cm³/mol. The van der Waals surface area contributed by atoms with Gasteiger partial charge in [0.15, 0.2) is 11.5 Å². The predicted octanol–water partition coefficient (Wildman–Crippen LogP) is 3.93. The third-order valence-corrected chi connectivity index (χ3v) is 5.61. The van der Waals surface area contributed by atoms with Gasteiger partial charge in [-0.1, -0.05) is 29.8 Å². The topological polar surface area (TPSA) is 50.8 Å². The van der Waals surface area contributed by atoms with Crippen molar-refractivity contribution in [2.45, 2.75) is 25.8 Å². The van der Waals surface area contributed by atoms with Gasteiger partial charge in [-0.3, -0.25) is 9.69 Å². The normalized spacial score (nSPS) is 17.0. The molecule has 3 rings (SSSR count). The van der Waals surface area contributed by atoms with Crippen LogP contribution in [0.5, 0.6) is 11.5 Å². The van der Waals surface area contributed by atoms with Crippen molar-refractivity contribution in [1.82, 2.24) is 10.2 Å². The van der Waals surface area contributed by atoms with E-state index in [2.05, 4.69) is 22.3 Å². The quantitative estimate of drug-likeness (QED) is 0.708. The number of halogens is 1. The van der Waals surface area contributed by atoms with Crippen molar-refractivity contribution >= 4 is 17.5 Å². The number of methoxy groups -OCH3 is 2. The molecule has 0 aliphatic carbocycles. The number of carbonyl (C=O) groups is 1. The van der Waals surface area contributed by atoms with Gasteiger partial charge in [-0.15, -0.1) is 0 Å². The molecule has 1 aliphatic heterocycles. The highest BCUT2D eigenvalue weighted by Gasteiger charge is 2.25. The second-order valence-corrected chi connectivity index (χ2v) is 7.87. The van der Waals surface area contributed by atoms with E-state index in [0.717, 1.165) is 49.5 Å². The molecule has 5 nitrogen and oxygen atoms in total. The number of rotatable bonds is 8. The summed E-state index contributed by atoms with van der Waals surface area (Å²) < 4.78 is 10.6. The van der Waals surface area contributed by atoms with E-state index in [-0.39, 0.29) is 11.8 Å². The highest BCUT2D eigenvalue weighted by atomic mass is 35.5. The first-order valence-corrected chi connectivity index (χ1v) is 10.4. The van der Waals surface area contributed by atoms with Gasteiger partial charge in [-0.05, 0) is 61.2 Å². The highest BCUT2D eigenvalue weighted by Crippen LogP contribution is 2.27. The molecule has 1 fully saturated rings. The highest BCUT2D eigenvalue weighted by molar-refractivity contribution is 6.30. The van der Waals surface area contributed by atoms with Crippen LogP contribution < -0.4 is 14.8 Å². The molecule has 2 aromatic rings. The van der Waals surface area contributed by atoms with Crippen molar-refractivity contribution in [2.75, 3.05) is 33.9 Å². The molecule has 0 saturated carbocycles. The van der Waals surface area contributed by atoms with Crippen LogP contribution >= 0.6 is 11.6 Å². The van der Waals surface area contributed by atoms with Gasteiger partial charge in [0, 0.05) is 24.7 Å². The van der Waals surface area contributed by atoms with Crippen LogP contribution in [0.4, 0.5) is 0 Å². The van der Waals surface area contributed by atoms with Gasteiger partial charge in [0.1, 0.15) is 0 Å². The fraction of sp³-hybridized carbons (Fsp3) is 0.435. The number of amides is 1. The minimum atomic E-state index is 0.0430. The third-order valence-electron chi connectivity index (χ3n) is 5.36. The third kappa shape index (κ3) is 6.12. The lowest BCUT2D eigenvalue weighted by atomic mass is 9.96. The van der Waals surface area contributed by atoms with Gasteiger partial charge >= 0.3 is 0 Å². The molecular weight excluding hydrogens is 388 g/mol. The van der Waals surface area contributed by atoms with E-state index in [9.17, 15) is 4.79 Å². The minimum absolute atomic E-state index is 0.0430. The molecule has 1 heterocycles. The van der Waals surface area contributed by atoms with E-state index in [4.69, 9.17) is 21.1 Å².